The van der Waals surface area contributed by atoms with Crippen LogP contribution >= 0.6 is 11.6 Å². The number of halogens is 1. The Kier molecular flexibility index (Phi) is 5.57. The van der Waals surface area contributed by atoms with Crippen LogP contribution < -0.4 is 5.32 Å². The molecule has 0 spiro atoms. The molecule has 0 radical (unpaired) electrons. The maximum absolute atomic E-state index is 12.9. The normalized spacial score (nSPS) is 19.9. The fraction of sp³-hybridized carbons (Fsp3) is 0.350. The van der Waals surface area contributed by atoms with Gasteiger partial charge in [0.05, 0.1) is 17.9 Å². The third-order valence-electron chi connectivity index (χ3n) is 4.64. The highest BCUT2D eigenvalue weighted by Gasteiger charge is 2.34. The molecule has 136 valence electrons. The number of aryl methyl sites for hydroxylation is 1. The first-order valence-electron chi connectivity index (χ1n) is 8.73. The Morgan fingerprint density at radius 2 is 2.04 bits per heavy atom. The number of likely N-dealkylation sites (tertiary alicyclic amines) is 1. The van der Waals surface area contributed by atoms with Gasteiger partial charge in [-0.25, -0.2) is 0 Å². The number of nitrogens with one attached hydrogen (secondary N) is 1. The molecule has 2 aromatic rings. The van der Waals surface area contributed by atoms with Crippen molar-refractivity contribution in [2.45, 2.75) is 32.7 Å². The predicted molar refractivity (Wildman–Crippen MR) is 102 cm³/mol. The molecular weight excluding hydrogens is 350 g/mol. The van der Waals surface area contributed by atoms with Gasteiger partial charge in [-0.3, -0.25) is 14.6 Å². The third-order valence-corrected chi connectivity index (χ3v) is 4.87. The van der Waals surface area contributed by atoms with Gasteiger partial charge in [-0.15, -0.1) is 0 Å². The molecule has 2 heterocycles. The van der Waals surface area contributed by atoms with E-state index in [0.717, 1.165) is 24.0 Å². The second-order valence-electron chi connectivity index (χ2n) is 6.92. The molecule has 0 aliphatic carbocycles. The monoisotopic (exact) mass is 371 g/mol. The van der Waals surface area contributed by atoms with Crippen LogP contribution in [0.1, 0.15) is 36.9 Å². The van der Waals surface area contributed by atoms with Gasteiger partial charge in [0.15, 0.2) is 0 Å². The number of amides is 2. The predicted octanol–water partition coefficient (Wildman–Crippen LogP) is 3.98. The van der Waals surface area contributed by atoms with Crippen molar-refractivity contribution >= 4 is 29.1 Å². The van der Waals surface area contributed by atoms with Gasteiger partial charge in [0.2, 0.25) is 0 Å². The molecule has 5 nitrogen and oxygen atoms in total. The summed E-state index contributed by atoms with van der Waals surface area (Å²) in [4.78, 5) is 31.1. The number of carbonyl (C=O) groups is 2. The summed E-state index contributed by atoms with van der Waals surface area (Å²) in [7, 11) is 0. The first kappa shape index (κ1) is 18.4. The first-order valence-corrected chi connectivity index (χ1v) is 9.11. The molecule has 1 N–H and O–H groups in total. The second kappa shape index (κ2) is 7.87. The highest BCUT2D eigenvalue weighted by atomic mass is 35.5. The summed E-state index contributed by atoms with van der Waals surface area (Å²) in [5.41, 5.74) is 2.40. The van der Waals surface area contributed by atoms with Crippen LogP contribution in [0.2, 0.25) is 5.02 Å². The van der Waals surface area contributed by atoms with Crippen LogP contribution in [-0.4, -0.2) is 28.2 Å². The summed E-state index contributed by atoms with van der Waals surface area (Å²) < 4.78 is 0. The number of aromatic nitrogens is 1. The van der Waals surface area contributed by atoms with Crippen molar-refractivity contribution in [3.05, 3.63) is 58.9 Å². The molecule has 6 heteroatoms. The standard InChI is InChI=1S/C20H22ClN3O2/c1-13-6-7-18(15-4-3-5-16(21)9-15)24(12-13)20(26)19(25)23-17-8-14(2)10-22-11-17/h3-5,8-11,13,18H,6-7,12H2,1-2H3,(H,23,25)/t13-,18+/m0/s1. The number of hydrogen-bond acceptors (Lipinski definition) is 3. The van der Waals surface area contributed by atoms with E-state index in [1.165, 1.54) is 6.20 Å². The van der Waals surface area contributed by atoms with Crippen LogP contribution in [0.5, 0.6) is 0 Å². The Labute approximate surface area is 158 Å². The van der Waals surface area contributed by atoms with E-state index in [2.05, 4.69) is 17.2 Å². The number of anilines is 1. The van der Waals surface area contributed by atoms with Gasteiger partial charge in [0, 0.05) is 17.8 Å². The summed E-state index contributed by atoms with van der Waals surface area (Å²) in [6, 6.07) is 9.14. The fourth-order valence-electron chi connectivity index (χ4n) is 3.38. The van der Waals surface area contributed by atoms with Crippen LogP contribution in [0.25, 0.3) is 0 Å². The van der Waals surface area contributed by atoms with E-state index in [-0.39, 0.29) is 6.04 Å². The van der Waals surface area contributed by atoms with Crippen molar-refractivity contribution in [1.82, 2.24) is 9.88 Å². The molecule has 3 rings (SSSR count). The fourth-order valence-corrected chi connectivity index (χ4v) is 3.57. The largest absolute Gasteiger partial charge is 0.327 e. The smallest absolute Gasteiger partial charge is 0.313 e. The number of rotatable bonds is 2. The third kappa shape index (κ3) is 4.22. The SMILES string of the molecule is Cc1cncc(NC(=O)C(=O)N2C[C@@H](C)CC[C@@H]2c2cccc(Cl)c2)c1. The molecule has 26 heavy (non-hydrogen) atoms. The van der Waals surface area contributed by atoms with Crippen molar-refractivity contribution in [1.29, 1.82) is 0 Å². The zero-order valence-corrected chi connectivity index (χ0v) is 15.7. The van der Waals surface area contributed by atoms with Gasteiger partial charge < -0.3 is 10.2 Å². The molecule has 1 aromatic heterocycles. The molecule has 0 saturated carbocycles. The second-order valence-corrected chi connectivity index (χ2v) is 7.35. The molecule has 2 atom stereocenters. The van der Waals surface area contributed by atoms with Crippen LogP contribution in [0.15, 0.2) is 42.7 Å². The van der Waals surface area contributed by atoms with E-state index in [1.54, 1.807) is 23.2 Å². The topological polar surface area (TPSA) is 62.3 Å². The summed E-state index contributed by atoms with van der Waals surface area (Å²) in [6.07, 6.45) is 5.04. The van der Waals surface area contributed by atoms with Gasteiger partial charge in [-0.05, 0) is 55.0 Å². The van der Waals surface area contributed by atoms with Gasteiger partial charge in [0.1, 0.15) is 0 Å². The Morgan fingerprint density at radius 1 is 1.23 bits per heavy atom. The highest BCUT2D eigenvalue weighted by Crippen LogP contribution is 2.34. The van der Waals surface area contributed by atoms with Crippen molar-refractivity contribution < 1.29 is 9.59 Å². The summed E-state index contributed by atoms with van der Waals surface area (Å²) in [5.74, 6) is -0.815. The number of carbonyl (C=O) groups excluding carboxylic acids is 2. The van der Waals surface area contributed by atoms with Gasteiger partial charge in [-0.1, -0.05) is 30.7 Å². The Balaban J connectivity index is 1.80. The Hall–Kier alpha value is -2.40. The van der Waals surface area contributed by atoms with Crippen LogP contribution in [0.3, 0.4) is 0 Å². The first-order chi connectivity index (χ1) is 12.4. The molecule has 1 aliphatic heterocycles. The molecule has 1 aliphatic rings. The van der Waals surface area contributed by atoms with E-state index in [0.29, 0.717) is 23.2 Å². The minimum absolute atomic E-state index is 0.140. The lowest BCUT2D eigenvalue weighted by molar-refractivity contribution is -0.146. The van der Waals surface area contributed by atoms with E-state index in [9.17, 15) is 9.59 Å². The number of piperidine rings is 1. The quantitative estimate of drug-likeness (QED) is 0.812. The lowest BCUT2D eigenvalue weighted by atomic mass is 9.90. The molecule has 1 saturated heterocycles. The molecule has 2 amide bonds. The average molecular weight is 372 g/mol. The zero-order chi connectivity index (χ0) is 18.7. The van der Waals surface area contributed by atoms with E-state index in [1.807, 2.05) is 25.1 Å². The van der Waals surface area contributed by atoms with E-state index >= 15 is 0 Å². The summed E-state index contributed by atoms with van der Waals surface area (Å²) >= 11 is 6.12. The van der Waals surface area contributed by atoms with Crippen molar-refractivity contribution in [2.75, 3.05) is 11.9 Å². The van der Waals surface area contributed by atoms with Gasteiger partial charge in [-0.2, -0.15) is 0 Å². The number of hydrogen-bond donors (Lipinski definition) is 1. The average Bonchev–Trinajstić information content (AvgIpc) is 2.61. The molecular formula is C20H22ClN3O2. The Bertz CT molecular complexity index is 824. The molecule has 1 aromatic carbocycles. The van der Waals surface area contributed by atoms with Crippen LogP contribution in [0.4, 0.5) is 5.69 Å². The van der Waals surface area contributed by atoms with E-state index in [4.69, 9.17) is 11.6 Å². The summed E-state index contributed by atoms with van der Waals surface area (Å²) in [6.45, 7) is 4.53. The highest BCUT2D eigenvalue weighted by molar-refractivity contribution is 6.39. The van der Waals surface area contributed by atoms with Gasteiger partial charge >= 0.3 is 11.8 Å². The lowest BCUT2D eigenvalue weighted by Gasteiger charge is -2.38. The Morgan fingerprint density at radius 3 is 2.77 bits per heavy atom. The van der Waals surface area contributed by atoms with Crippen LogP contribution in [-0.2, 0) is 9.59 Å². The maximum Gasteiger partial charge on any atom is 0.313 e. The minimum atomic E-state index is -0.640. The van der Waals surface area contributed by atoms with Crippen LogP contribution in [0, 0.1) is 12.8 Å². The van der Waals surface area contributed by atoms with Crippen molar-refractivity contribution in [2.24, 2.45) is 5.92 Å². The molecule has 0 bridgehead atoms. The maximum atomic E-state index is 12.9. The number of pyridine rings is 1. The number of benzene rings is 1. The summed E-state index contributed by atoms with van der Waals surface area (Å²) in [5, 5.41) is 3.29. The zero-order valence-electron chi connectivity index (χ0n) is 14.9. The minimum Gasteiger partial charge on any atom is -0.327 e. The molecule has 0 unspecified atom stereocenters. The lowest BCUT2D eigenvalue weighted by Crippen LogP contribution is -2.46. The van der Waals surface area contributed by atoms with Gasteiger partial charge in [0.25, 0.3) is 0 Å². The van der Waals surface area contributed by atoms with E-state index < -0.39 is 11.8 Å². The number of nitrogens with zero attached hydrogens (tertiary/aromatic N) is 2. The van der Waals surface area contributed by atoms with Crippen molar-refractivity contribution in [3.63, 3.8) is 0 Å². The molecule has 1 fully saturated rings. The van der Waals surface area contributed by atoms with Crippen molar-refractivity contribution in [3.8, 4) is 0 Å².